The number of nitrogens with one attached hydrogen (secondary N) is 1. The van der Waals surface area contributed by atoms with Crippen LogP contribution in [0.5, 0.6) is 5.75 Å². The Morgan fingerprint density at radius 2 is 1.87 bits per heavy atom. The van der Waals surface area contributed by atoms with Gasteiger partial charge in [-0.25, -0.2) is 4.98 Å². The third kappa shape index (κ3) is 3.80. The quantitative estimate of drug-likeness (QED) is 0.542. The number of aryl methyl sites for hydroxylation is 1. The molecule has 0 aliphatic rings. The minimum Gasteiger partial charge on any atom is -0.497 e. The lowest BCUT2D eigenvalue weighted by Gasteiger charge is -2.12. The van der Waals surface area contributed by atoms with Crippen molar-refractivity contribution in [2.75, 3.05) is 12.4 Å². The van der Waals surface area contributed by atoms with Gasteiger partial charge in [-0.05, 0) is 43.3 Å². The Kier molecular flexibility index (Phi) is 5.30. The van der Waals surface area contributed by atoms with Crippen molar-refractivity contribution in [3.8, 4) is 17.0 Å². The Balaban J connectivity index is 1.79. The maximum absolute atomic E-state index is 13.2. The van der Waals surface area contributed by atoms with Gasteiger partial charge in [0, 0.05) is 36.0 Å². The number of hydrogen-bond acceptors (Lipinski definition) is 4. The molecule has 30 heavy (non-hydrogen) atoms. The van der Waals surface area contributed by atoms with Gasteiger partial charge in [0.05, 0.1) is 23.9 Å². The normalized spacial score (nSPS) is 10.7. The first-order valence-electron chi connectivity index (χ1n) is 9.64. The van der Waals surface area contributed by atoms with E-state index >= 15 is 0 Å². The van der Waals surface area contributed by atoms with Gasteiger partial charge in [-0.15, -0.1) is 0 Å². The van der Waals surface area contributed by atoms with E-state index in [1.807, 2.05) is 60.0 Å². The van der Waals surface area contributed by atoms with Crippen molar-refractivity contribution >= 4 is 22.5 Å². The van der Waals surface area contributed by atoms with Gasteiger partial charge in [-0.1, -0.05) is 18.2 Å². The SMILES string of the molecule is CCn1ccc(=O)c(NC(=O)c2cc(-c3ccc(OC)cc3)nc3ccccc23)c1. The zero-order valence-corrected chi connectivity index (χ0v) is 16.8. The van der Waals surface area contributed by atoms with E-state index in [9.17, 15) is 9.59 Å². The Morgan fingerprint density at radius 3 is 2.60 bits per heavy atom. The molecule has 0 fully saturated rings. The number of fused-ring (bicyclic) bond motifs is 1. The molecule has 0 radical (unpaired) electrons. The summed E-state index contributed by atoms with van der Waals surface area (Å²) < 4.78 is 7.06. The van der Waals surface area contributed by atoms with Crippen LogP contribution < -0.4 is 15.5 Å². The van der Waals surface area contributed by atoms with Crippen molar-refractivity contribution in [3.63, 3.8) is 0 Å². The number of amides is 1. The molecular weight excluding hydrogens is 378 g/mol. The Bertz CT molecular complexity index is 1280. The van der Waals surface area contributed by atoms with Crippen LogP contribution in [-0.2, 0) is 6.54 Å². The number of benzene rings is 2. The van der Waals surface area contributed by atoms with Gasteiger partial charge in [0.1, 0.15) is 11.4 Å². The molecule has 1 amide bonds. The molecule has 2 aromatic carbocycles. The van der Waals surface area contributed by atoms with E-state index in [-0.39, 0.29) is 17.0 Å². The predicted octanol–water partition coefficient (Wildman–Crippen LogP) is 4.34. The lowest BCUT2D eigenvalue weighted by molar-refractivity contribution is 0.102. The molecular formula is C24H21N3O3. The first-order valence-corrected chi connectivity index (χ1v) is 9.64. The second-order valence-corrected chi connectivity index (χ2v) is 6.81. The average molecular weight is 399 g/mol. The van der Waals surface area contributed by atoms with Crippen LogP contribution in [0.3, 0.4) is 0 Å². The lowest BCUT2D eigenvalue weighted by atomic mass is 10.0. The summed E-state index contributed by atoms with van der Waals surface area (Å²) in [6.45, 7) is 2.66. The first kappa shape index (κ1) is 19.4. The van der Waals surface area contributed by atoms with Crippen molar-refractivity contribution in [1.29, 1.82) is 0 Å². The van der Waals surface area contributed by atoms with Gasteiger partial charge in [-0.2, -0.15) is 0 Å². The van der Waals surface area contributed by atoms with Crippen LogP contribution in [0.15, 0.2) is 77.9 Å². The second-order valence-electron chi connectivity index (χ2n) is 6.81. The van der Waals surface area contributed by atoms with E-state index in [2.05, 4.69) is 5.32 Å². The average Bonchev–Trinajstić information content (AvgIpc) is 2.79. The number of carbonyl (C=O) groups is 1. The number of rotatable bonds is 5. The zero-order chi connectivity index (χ0) is 21.1. The van der Waals surface area contributed by atoms with E-state index in [0.29, 0.717) is 23.3 Å². The van der Waals surface area contributed by atoms with Gasteiger partial charge < -0.3 is 14.6 Å². The van der Waals surface area contributed by atoms with Crippen LogP contribution in [0.2, 0.25) is 0 Å². The highest BCUT2D eigenvalue weighted by atomic mass is 16.5. The predicted molar refractivity (Wildman–Crippen MR) is 118 cm³/mol. The van der Waals surface area contributed by atoms with Gasteiger partial charge >= 0.3 is 0 Å². The Hall–Kier alpha value is -3.93. The molecule has 4 rings (SSSR count). The van der Waals surface area contributed by atoms with Gasteiger partial charge in [0.2, 0.25) is 5.43 Å². The Morgan fingerprint density at radius 1 is 1.10 bits per heavy atom. The molecule has 0 atom stereocenters. The molecule has 0 aliphatic carbocycles. The molecule has 0 saturated carbocycles. The monoisotopic (exact) mass is 399 g/mol. The number of pyridine rings is 2. The number of ether oxygens (including phenoxy) is 1. The molecule has 2 aromatic heterocycles. The summed E-state index contributed by atoms with van der Waals surface area (Å²) in [5.41, 5.74) is 2.70. The first-order chi connectivity index (χ1) is 14.6. The topological polar surface area (TPSA) is 73.2 Å². The number of carbonyl (C=O) groups excluding carboxylic acids is 1. The van der Waals surface area contributed by atoms with Crippen molar-refractivity contribution in [1.82, 2.24) is 9.55 Å². The zero-order valence-electron chi connectivity index (χ0n) is 16.8. The van der Waals surface area contributed by atoms with Crippen molar-refractivity contribution in [2.45, 2.75) is 13.5 Å². The van der Waals surface area contributed by atoms with Gasteiger partial charge in [0.15, 0.2) is 0 Å². The number of para-hydroxylation sites is 1. The number of aromatic nitrogens is 2. The summed E-state index contributed by atoms with van der Waals surface area (Å²) in [6.07, 6.45) is 3.34. The van der Waals surface area contributed by atoms with E-state index < -0.39 is 0 Å². The van der Waals surface area contributed by atoms with Crippen LogP contribution in [0.25, 0.3) is 22.2 Å². The molecule has 6 heteroatoms. The fourth-order valence-corrected chi connectivity index (χ4v) is 3.28. The lowest BCUT2D eigenvalue weighted by Crippen LogP contribution is -2.19. The number of methoxy groups -OCH3 is 1. The summed E-state index contributed by atoms with van der Waals surface area (Å²) in [6, 6.07) is 18.2. The van der Waals surface area contributed by atoms with E-state index in [1.54, 1.807) is 25.6 Å². The highest BCUT2D eigenvalue weighted by Crippen LogP contribution is 2.26. The number of hydrogen-bond donors (Lipinski definition) is 1. The van der Waals surface area contributed by atoms with Crippen LogP contribution in [0.4, 0.5) is 5.69 Å². The van der Waals surface area contributed by atoms with E-state index in [4.69, 9.17) is 9.72 Å². The molecule has 0 unspecified atom stereocenters. The standard InChI is InChI=1S/C24H21N3O3/c1-3-27-13-12-23(28)22(15-27)26-24(29)19-14-21(16-8-10-17(30-2)11-9-16)25-20-7-5-4-6-18(19)20/h4-15H,3H2,1-2H3,(H,26,29). The molecule has 0 aliphatic heterocycles. The van der Waals surface area contributed by atoms with Gasteiger partial charge in [-0.3, -0.25) is 9.59 Å². The summed E-state index contributed by atoms with van der Waals surface area (Å²) >= 11 is 0. The number of nitrogens with zero attached hydrogens (tertiary/aromatic N) is 2. The molecule has 0 saturated heterocycles. The van der Waals surface area contributed by atoms with E-state index in [0.717, 1.165) is 16.7 Å². The van der Waals surface area contributed by atoms with Gasteiger partial charge in [0.25, 0.3) is 5.91 Å². The maximum atomic E-state index is 13.2. The van der Waals surface area contributed by atoms with Crippen LogP contribution >= 0.6 is 0 Å². The third-order valence-corrected chi connectivity index (χ3v) is 4.94. The molecule has 4 aromatic rings. The summed E-state index contributed by atoms with van der Waals surface area (Å²) in [5.74, 6) is 0.392. The minimum atomic E-state index is -0.352. The van der Waals surface area contributed by atoms with Crippen LogP contribution in [0.1, 0.15) is 17.3 Å². The van der Waals surface area contributed by atoms with Crippen LogP contribution in [0, 0.1) is 0 Å². The summed E-state index contributed by atoms with van der Waals surface area (Å²) in [4.78, 5) is 30.1. The molecule has 0 bridgehead atoms. The van der Waals surface area contributed by atoms with Crippen molar-refractivity contribution in [3.05, 3.63) is 88.8 Å². The van der Waals surface area contributed by atoms with Crippen molar-refractivity contribution in [2.24, 2.45) is 0 Å². The smallest absolute Gasteiger partial charge is 0.256 e. The second kappa shape index (κ2) is 8.21. The molecule has 6 nitrogen and oxygen atoms in total. The largest absolute Gasteiger partial charge is 0.497 e. The van der Waals surface area contributed by atoms with Crippen LogP contribution in [-0.4, -0.2) is 22.6 Å². The number of anilines is 1. The van der Waals surface area contributed by atoms with E-state index in [1.165, 1.54) is 6.07 Å². The molecule has 2 heterocycles. The maximum Gasteiger partial charge on any atom is 0.256 e. The highest BCUT2D eigenvalue weighted by Gasteiger charge is 2.15. The Labute approximate surface area is 173 Å². The van der Waals surface area contributed by atoms with Crippen molar-refractivity contribution < 1.29 is 9.53 Å². The fraction of sp³-hybridized carbons (Fsp3) is 0.125. The highest BCUT2D eigenvalue weighted by molar-refractivity contribution is 6.13. The summed E-state index contributed by atoms with van der Waals surface area (Å²) in [7, 11) is 1.61. The summed E-state index contributed by atoms with van der Waals surface area (Å²) in [5, 5.41) is 3.49. The third-order valence-electron chi connectivity index (χ3n) is 4.94. The fourth-order valence-electron chi connectivity index (χ4n) is 3.28. The molecule has 0 spiro atoms. The molecule has 1 N–H and O–H groups in total. The minimum absolute atomic E-state index is 0.234. The molecule has 150 valence electrons.